The van der Waals surface area contributed by atoms with Gasteiger partial charge in [0.2, 0.25) is 0 Å². The largest absolute Gasteiger partial charge is 0.761 e. The average Bonchev–Trinajstić information content (AvgIpc) is 2.63. The number of hydrogen-bond donors (Lipinski definition) is 2. The van der Waals surface area contributed by atoms with E-state index in [-0.39, 0.29) is 5.56 Å². The molecule has 0 saturated carbocycles. The van der Waals surface area contributed by atoms with Crippen molar-refractivity contribution >= 4 is 5.69 Å². The van der Waals surface area contributed by atoms with Crippen LogP contribution in [0.4, 0.5) is 5.69 Å². The zero-order chi connectivity index (χ0) is 16.9. The van der Waals surface area contributed by atoms with Gasteiger partial charge in [-0.05, 0) is 41.5 Å². The van der Waals surface area contributed by atoms with Gasteiger partial charge in [-0.15, -0.1) is 0 Å². The first-order valence-electron chi connectivity index (χ1n) is 7.40. The monoisotopic (exact) mass is 322 g/mol. The van der Waals surface area contributed by atoms with Crippen LogP contribution < -0.4 is 15.8 Å². The smallest absolute Gasteiger partial charge is 0.264 e. The van der Waals surface area contributed by atoms with Gasteiger partial charge in [-0.2, -0.15) is 5.10 Å². The number of aromatic nitrogens is 2. The van der Waals surface area contributed by atoms with Crippen LogP contribution in [0.3, 0.4) is 0 Å². The molecule has 0 amide bonds. The summed E-state index contributed by atoms with van der Waals surface area (Å²) in [4.78, 5) is 11.1. The fraction of sp³-hybridized carbons (Fsp3) is 0.111. The molecule has 3 aromatic rings. The first kappa shape index (κ1) is 15.8. The SMILES string of the molecule is COc1ccc(Cc2ccc(=O)[nH]n2)cc1-c1cccc(N[O-])c1. The van der Waals surface area contributed by atoms with Crippen LogP contribution in [0.5, 0.6) is 5.75 Å². The molecule has 0 spiro atoms. The molecule has 6 heteroatoms. The fourth-order valence-corrected chi connectivity index (χ4v) is 2.52. The molecule has 24 heavy (non-hydrogen) atoms. The molecule has 122 valence electrons. The summed E-state index contributed by atoms with van der Waals surface area (Å²) in [5.74, 6) is 0.719. The number of methoxy groups -OCH3 is 1. The van der Waals surface area contributed by atoms with Crippen molar-refractivity contribution in [2.45, 2.75) is 6.42 Å². The van der Waals surface area contributed by atoms with Crippen LogP contribution in [0.25, 0.3) is 11.1 Å². The highest BCUT2D eigenvalue weighted by Gasteiger charge is 2.08. The molecular formula is C18H16N3O3-. The number of H-pyrrole nitrogens is 1. The van der Waals surface area contributed by atoms with E-state index in [4.69, 9.17) is 4.74 Å². The Morgan fingerprint density at radius 3 is 2.75 bits per heavy atom. The number of aromatic amines is 1. The second-order valence-corrected chi connectivity index (χ2v) is 5.31. The highest BCUT2D eigenvalue weighted by atomic mass is 16.5. The van der Waals surface area contributed by atoms with Crippen molar-refractivity contribution in [1.82, 2.24) is 10.2 Å². The number of benzene rings is 2. The lowest BCUT2D eigenvalue weighted by molar-refractivity contribution is 0.416. The number of ether oxygens (including phenoxy) is 1. The quantitative estimate of drug-likeness (QED) is 0.705. The molecule has 0 saturated heterocycles. The molecule has 0 aliphatic heterocycles. The van der Waals surface area contributed by atoms with Crippen LogP contribution >= 0.6 is 0 Å². The standard InChI is InChI=1S/C18H16N3O3/c1-24-17-7-5-12(9-14-6-8-18(22)20-19-14)10-16(17)13-3-2-4-15(11-13)21-23/h2-8,10-11,21H,9H2,1H3,(H,20,22)/q-1. The Kier molecular flexibility index (Phi) is 4.58. The maximum absolute atomic E-state index is 11.1. The van der Waals surface area contributed by atoms with Crippen molar-refractivity contribution in [2.75, 3.05) is 12.6 Å². The topological polar surface area (TPSA) is 90.1 Å². The van der Waals surface area contributed by atoms with Gasteiger partial charge in [0.15, 0.2) is 0 Å². The Hall–Kier alpha value is -3.12. The zero-order valence-electron chi connectivity index (χ0n) is 13.1. The van der Waals surface area contributed by atoms with Crippen LogP contribution in [-0.2, 0) is 6.42 Å². The van der Waals surface area contributed by atoms with Crippen molar-refractivity contribution in [1.29, 1.82) is 0 Å². The van der Waals surface area contributed by atoms with Gasteiger partial charge in [-0.3, -0.25) is 4.79 Å². The van der Waals surface area contributed by atoms with Crippen LogP contribution in [0, 0.1) is 5.21 Å². The van der Waals surface area contributed by atoms with Gasteiger partial charge in [-0.25, -0.2) is 5.10 Å². The zero-order valence-corrected chi connectivity index (χ0v) is 13.1. The molecule has 2 N–H and O–H groups in total. The van der Waals surface area contributed by atoms with E-state index in [9.17, 15) is 10.0 Å². The van der Waals surface area contributed by atoms with Crippen molar-refractivity contribution in [2.24, 2.45) is 0 Å². The number of rotatable bonds is 5. The van der Waals surface area contributed by atoms with Crippen molar-refractivity contribution < 1.29 is 4.74 Å². The molecule has 0 radical (unpaired) electrons. The molecule has 0 atom stereocenters. The van der Waals surface area contributed by atoms with Crippen molar-refractivity contribution in [3.63, 3.8) is 0 Å². The third kappa shape index (κ3) is 3.44. The molecule has 0 unspecified atom stereocenters. The van der Waals surface area contributed by atoms with Gasteiger partial charge < -0.3 is 15.4 Å². The van der Waals surface area contributed by atoms with Crippen molar-refractivity contribution in [3.05, 3.63) is 81.4 Å². The Bertz CT molecular complexity index is 886. The lowest BCUT2D eigenvalue weighted by atomic mass is 9.99. The number of anilines is 1. The van der Waals surface area contributed by atoms with E-state index in [1.54, 1.807) is 25.3 Å². The summed E-state index contributed by atoms with van der Waals surface area (Å²) >= 11 is 0. The maximum Gasteiger partial charge on any atom is 0.264 e. The number of nitrogens with one attached hydrogen (secondary N) is 2. The summed E-state index contributed by atoms with van der Waals surface area (Å²) in [7, 11) is 1.61. The van der Waals surface area contributed by atoms with Gasteiger partial charge in [0, 0.05) is 23.7 Å². The molecule has 3 rings (SSSR count). The van der Waals surface area contributed by atoms with E-state index < -0.39 is 0 Å². The van der Waals surface area contributed by atoms with E-state index in [1.807, 2.05) is 35.8 Å². The Morgan fingerprint density at radius 2 is 2.04 bits per heavy atom. The average molecular weight is 322 g/mol. The van der Waals surface area contributed by atoms with Gasteiger partial charge in [-0.1, -0.05) is 18.2 Å². The van der Waals surface area contributed by atoms with Crippen LogP contribution in [0.1, 0.15) is 11.3 Å². The molecule has 2 aromatic carbocycles. The van der Waals surface area contributed by atoms with Crippen LogP contribution in [0.15, 0.2) is 59.4 Å². The highest BCUT2D eigenvalue weighted by molar-refractivity contribution is 5.74. The minimum absolute atomic E-state index is 0.226. The molecule has 0 aliphatic rings. The molecule has 1 heterocycles. The minimum atomic E-state index is -0.226. The normalized spacial score (nSPS) is 10.4. The molecule has 6 nitrogen and oxygen atoms in total. The summed E-state index contributed by atoms with van der Waals surface area (Å²) in [6.07, 6.45) is 0.577. The summed E-state index contributed by atoms with van der Waals surface area (Å²) in [6.45, 7) is 0. The van der Waals surface area contributed by atoms with Gasteiger partial charge >= 0.3 is 0 Å². The van der Waals surface area contributed by atoms with E-state index in [0.29, 0.717) is 12.1 Å². The lowest BCUT2D eigenvalue weighted by Crippen LogP contribution is -2.07. The predicted octanol–water partition coefficient (Wildman–Crippen LogP) is 2.95. The second-order valence-electron chi connectivity index (χ2n) is 5.31. The number of nitrogens with zero attached hydrogens (tertiary/aromatic N) is 1. The molecule has 1 aromatic heterocycles. The summed E-state index contributed by atoms with van der Waals surface area (Å²) in [5, 5.41) is 17.3. The molecule has 0 fully saturated rings. The minimum Gasteiger partial charge on any atom is -0.761 e. The molecule has 0 aliphatic carbocycles. The first-order chi connectivity index (χ1) is 11.7. The van der Waals surface area contributed by atoms with Gasteiger partial charge in [0.1, 0.15) is 5.75 Å². The van der Waals surface area contributed by atoms with Gasteiger partial charge in [0.05, 0.1) is 12.8 Å². The molecular weight excluding hydrogens is 306 g/mol. The predicted molar refractivity (Wildman–Crippen MR) is 93.1 cm³/mol. The van der Waals surface area contributed by atoms with E-state index in [1.165, 1.54) is 6.07 Å². The van der Waals surface area contributed by atoms with E-state index >= 15 is 0 Å². The van der Waals surface area contributed by atoms with Gasteiger partial charge in [0.25, 0.3) is 5.56 Å². The lowest BCUT2D eigenvalue weighted by Gasteiger charge is -2.14. The first-order valence-corrected chi connectivity index (χ1v) is 7.40. The van der Waals surface area contributed by atoms with E-state index in [0.717, 1.165) is 28.1 Å². The highest BCUT2D eigenvalue weighted by Crippen LogP contribution is 2.32. The summed E-state index contributed by atoms with van der Waals surface area (Å²) in [6, 6.07) is 16.2. The third-order valence-electron chi connectivity index (χ3n) is 3.68. The van der Waals surface area contributed by atoms with Crippen LogP contribution in [-0.4, -0.2) is 17.3 Å². The van der Waals surface area contributed by atoms with E-state index in [2.05, 4.69) is 10.2 Å². The van der Waals surface area contributed by atoms with Crippen LogP contribution in [0.2, 0.25) is 0 Å². The Balaban J connectivity index is 1.98. The third-order valence-corrected chi connectivity index (χ3v) is 3.68. The number of hydrogen-bond acceptors (Lipinski definition) is 5. The van der Waals surface area contributed by atoms with Crippen molar-refractivity contribution in [3.8, 4) is 16.9 Å². The maximum atomic E-state index is 11.1. The summed E-state index contributed by atoms with van der Waals surface area (Å²) < 4.78 is 5.43. The Morgan fingerprint density at radius 1 is 1.17 bits per heavy atom. The Labute approximate surface area is 138 Å². The fourth-order valence-electron chi connectivity index (χ4n) is 2.52. The molecule has 0 bridgehead atoms. The summed E-state index contributed by atoms with van der Waals surface area (Å²) in [5.41, 5.74) is 5.71. The second kappa shape index (κ2) is 6.97.